The fourth-order valence-electron chi connectivity index (χ4n) is 1.18. The molecule has 0 heterocycles. The minimum absolute atomic E-state index is 0.144. The smallest absolute Gasteiger partial charge is 0.378 e. The molecule has 0 aliphatic carbocycles. The first-order chi connectivity index (χ1) is 8.95. The van der Waals surface area contributed by atoms with Gasteiger partial charge >= 0.3 is 11.9 Å². The van der Waals surface area contributed by atoms with Crippen LogP contribution < -0.4 is 4.90 Å². The zero-order valence-corrected chi connectivity index (χ0v) is 10.6. The number of Topliss-reactive ketones (excluding diaryl/α,β-unsaturated/α-hetero) is 1. The van der Waals surface area contributed by atoms with Crippen molar-refractivity contribution in [2.75, 3.05) is 19.0 Å². The number of nitrogens with zero attached hydrogens (tertiary/aromatic N) is 1. The van der Waals surface area contributed by atoms with Crippen LogP contribution in [0.2, 0.25) is 0 Å². The highest BCUT2D eigenvalue weighted by molar-refractivity contribution is 6.40. The van der Waals surface area contributed by atoms with Crippen LogP contribution >= 0.6 is 0 Å². The largest absolute Gasteiger partial charge is 0.426 e. The van der Waals surface area contributed by atoms with Crippen molar-refractivity contribution in [3.05, 3.63) is 42.5 Å². The van der Waals surface area contributed by atoms with E-state index in [1.807, 2.05) is 19.0 Å². The number of carbonyl (C=O) groups is 3. The van der Waals surface area contributed by atoms with Crippen molar-refractivity contribution in [1.82, 2.24) is 0 Å². The molecule has 0 saturated carbocycles. The molecule has 0 fully saturated rings. The van der Waals surface area contributed by atoms with E-state index in [-0.39, 0.29) is 5.56 Å². The minimum atomic E-state index is -1.27. The van der Waals surface area contributed by atoms with Crippen LogP contribution in [0, 0.1) is 0 Å². The number of anilines is 1. The molecule has 0 bridgehead atoms. The van der Waals surface area contributed by atoms with E-state index in [9.17, 15) is 14.4 Å². The van der Waals surface area contributed by atoms with Crippen LogP contribution in [0.4, 0.5) is 5.69 Å². The summed E-state index contributed by atoms with van der Waals surface area (Å²) in [6.45, 7) is 3.11. The third-order valence-corrected chi connectivity index (χ3v) is 2.20. The van der Waals surface area contributed by atoms with Crippen molar-refractivity contribution < 1.29 is 24.2 Å². The number of benzene rings is 1. The highest BCUT2D eigenvalue weighted by Gasteiger charge is 2.20. The summed E-state index contributed by atoms with van der Waals surface area (Å²) in [4.78, 5) is 43.5. The number of carbonyl (C=O) groups excluding carboxylic acids is 3. The lowest BCUT2D eigenvalue weighted by atomic mass is 10.1. The maximum atomic E-state index is 11.6. The molecule has 0 saturated heterocycles. The summed E-state index contributed by atoms with van der Waals surface area (Å²) in [5.41, 5.74) is 1.02. The lowest BCUT2D eigenvalue weighted by molar-refractivity contribution is -0.249. The Bertz CT molecular complexity index is 504. The zero-order chi connectivity index (χ0) is 14.4. The van der Waals surface area contributed by atoms with Gasteiger partial charge in [0, 0.05) is 31.4 Å². The lowest BCUT2D eigenvalue weighted by Gasteiger charge is -2.11. The van der Waals surface area contributed by atoms with Gasteiger partial charge < -0.3 is 4.90 Å². The Morgan fingerprint density at radius 3 is 2.16 bits per heavy atom. The Morgan fingerprint density at radius 2 is 1.68 bits per heavy atom. The van der Waals surface area contributed by atoms with Crippen molar-refractivity contribution in [2.45, 2.75) is 0 Å². The van der Waals surface area contributed by atoms with Gasteiger partial charge in [-0.1, -0.05) is 6.58 Å². The molecular weight excluding hydrogens is 250 g/mol. The van der Waals surface area contributed by atoms with E-state index in [0.717, 1.165) is 11.8 Å². The molecule has 19 heavy (non-hydrogen) atoms. The van der Waals surface area contributed by atoms with Gasteiger partial charge in [0.25, 0.3) is 5.78 Å². The van der Waals surface area contributed by atoms with E-state index in [2.05, 4.69) is 16.4 Å². The molecule has 6 heteroatoms. The summed E-state index contributed by atoms with van der Waals surface area (Å²) in [6.07, 6.45) is 0.809. The monoisotopic (exact) mass is 263 g/mol. The number of hydrogen-bond acceptors (Lipinski definition) is 6. The quantitative estimate of drug-likeness (QED) is 0.266. The highest BCUT2D eigenvalue weighted by atomic mass is 17.2. The van der Waals surface area contributed by atoms with E-state index in [0.29, 0.717) is 0 Å². The van der Waals surface area contributed by atoms with Gasteiger partial charge in [-0.15, -0.1) is 0 Å². The van der Waals surface area contributed by atoms with Crippen LogP contribution in [0.15, 0.2) is 36.9 Å². The van der Waals surface area contributed by atoms with Gasteiger partial charge in [0.15, 0.2) is 0 Å². The van der Waals surface area contributed by atoms with Crippen LogP contribution in [-0.4, -0.2) is 31.8 Å². The topological polar surface area (TPSA) is 72.9 Å². The summed E-state index contributed by atoms with van der Waals surface area (Å²) < 4.78 is 0. The summed E-state index contributed by atoms with van der Waals surface area (Å²) in [5, 5.41) is 0. The first kappa shape index (κ1) is 14.4. The van der Waals surface area contributed by atoms with E-state index < -0.39 is 17.7 Å². The average molecular weight is 263 g/mol. The predicted molar refractivity (Wildman–Crippen MR) is 67.5 cm³/mol. The van der Waals surface area contributed by atoms with Gasteiger partial charge in [-0.05, 0) is 24.3 Å². The summed E-state index contributed by atoms with van der Waals surface area (Å²) in [6, 6.07) is 6.31. The second kappa shape index (κ2) is 6.34. The van der Waals surface area contributed by atoms with E-state index in [1.165, 1.54) is 12.1 Å². The van der Waals surface area contributed by atoms with E-state index in [4.69, 9.17) is 0 Å². The summed E-state index contributed by atoms with van der Waals surface area (Å²) in [5.74, 6) is -3.13. The van der Waals surface area contributed by atoms with Gasteiger partial charge in [0.1, 0.15) is 0 Å². The molecule has 0 atom stereocenters. The second-order valence-corrected chi connectivity index (χ2v) is 3.75. The first-order valence-corrected chi connectivity index (χ1v) is 5.32. The van der Waals surface area contributed by atoms with Crippen molar-refractivity contribution in [3.8, 4) is 0 Å². The number of hydrogen-bond donors (Lipinski definition) is 0. The molecule has 0 amide bonds. The van der Waals surface area contributed by atoms with Crippen molar-refractivity contribution in [1.29, 1.82) is 0 Å². The van der Waals surface area contributed by atoms with Gasteiger partial charge in [-0.2, -0.15) is 0 Å². The second-order valence-electron chi connectivity index (χ2n) is 3.75. The Balaban J connectivity index is 2.69. The van der Waals surface area contributed by atoms with E-state index >= 15 is 0 Å². The maximum absolute atomic E-state index is 11.6. The Hall–Kier alpha value is -2.63. The third-order valence-electron chi connectivity index (χ3n) is 2.20. The average Bonchev–Trinajstić information content (AvgIpc) is 2.43. The zero-order valence-electron chi connectivity index (χ0n) is 10.6. The van der Waals surface area contributed by atoms with Crippen LogP contribution in [0.3, 0.4) is 0 Å². The fourth-order valence-corrected chi connectivity index (χ4v) is 1.18. The Kier molecular flexibility index (Phi) is 4.82. The third kappa shape index (κ3) is 3.95. The van der Waals surface area contributed by atoms with Gasteiger partial charge in [0.2, 0.25) is 0 Å². The number of ketones is 1. The first-order valence-electron chi connectivity index (χ1n) is 5.32. The minimum Gasteiger partial charge on any atom is -0.378 e. The number of rotatable bonds is 4. The Morgan fingerprint density at radius 1 is 1.11 bits per heavy atom. The molecule has 1 aromatic carbocycles. The molecule has 100 valence electrons. The molecule has 0 unspecified atom stereocenters. The normalized spacial score (nSPS) is 9.37. The molecule has 1 aromatic rings. The highest BCUT2D eigenvalue weighted by Crippen LogP contribution is 2.13. The van der Waals surface area contributed by atoms with Gasteiger partial charge in [-0.25, -0.2) is 19.4 Å². The fraction of sp³-hybridized carbons (Fsp3) is 0.154. The van der Waals surface area contributed by atoms with Gasteiger partial charge in [-0.3, -0.25) is 4.79 Å². The lowest BCUT2D eigenvalue weighted by Crippen LogP contribution is -2.19. The van der Waals surface area contributed by atoms with Crippen LogP contribution in [0.1, 0.15) is 10.4 Å². The molecule has 1 rings (SSSR count). The predicted octanol–water partition coefficient (Wildman–Crippen LogP) is 1.12. The van der Waals surface area contributed by atoms with Crippen LogP contribution in [0.5, 0.6) is 0 Å². The summed E-state index contributed by atoms with van der Waals surface area (Å²) in [7, 11) is 3.69. The molecule has 0 aliphatic rings. The molecule has 0 aromatic heterocycles. The van der Waals surface area contributed by atoms with E-state index in [1.54, 1.807) is 12.1 Å². The maximum Gasteiger partial charge on any atom is 0.426 e. The van der Waals surface area contributed by atoms with Crippen molar-refractivity contribution in [3.63, 3.8) is 0 Å². The van der Waals surface area contributed by atoms with Crippen molar-refractivity contribution >= 4 is 23.4 Å². The molecule has 0 aliphatic heterocycles. The van der Waals surface area contributed by atoms with Crippen LogP contribution in [-0.2, 0) is 19.4 Å². The standard InChI is InChI=1S/C13H13NO5/c1-4-11(15)18-19-13(17)12(16)9-5-7-10(8-6-9)14(2)3/h4-8H,1H2,2-3H3. The van der Waals surface area contributed by atoms with Crippen LogP contribution in [0.25, 0.3) is 0 Å². The van der Waals surface area contributed by atoms with Crippen molar-refractivity contribution in [2.24, 2.45) is 0 Å². The Labute approximate surface area is 110 Å². The summed E-state index contributed by atoms with van der Waals surface area (Å²) >= 11 is 0. The van der Waals surface area contributed by atoms with Gasteiger partial charge in [0.05, 0.1) is 0 Å². The SMILES string of the molecule is C=CC(=O)OOC(=O)C(=O)c1ccc(N(C)C)cc1. The molecule has 0 N–H and O–H groups in total. The molecule has 6 nitrogen and oxygen atoms in total. The molecular formula is C13H13NO5. The molecule has 0 spiro atoms. The molecule has 0 radical (unpaired) electrons.